The number of amides is 1. The predicted molar refractivity (Wildman–Crippen MR) is 131 cm³/mol. The highest BCUT2D eigenvalue weighted by atomic mass is 79.9. The number of fused-ring (bicyclic) bond motifs is 1. The van der Waals surface area contributed by atoms with Crippen molar-refractivity contribution >= 4 is 33.3 Å². The van der Waals surface area contributed by atoms with Gasteiger partial charge in [-0.25, -0.2) is 4.98 Å². The normalized spacial score (nSPS) is 14.5. The summed E-state index contributed by atoms with van der Waals surface area (Å²) in [6, 6.07) is 18.6. The molecule has 2 aromatic heterocycles. The van der Waals surface area contributed by atoms with Gasteiger partial charge in [-0.1, -0.05) is 30.3 Å². The number of rotatable bonds is 5. The Labute approximate surface area is 200 Å². The molecule has 1 amide bonds. The summed E-state index contributed by atoms with van der Waals surface area (Å²) in [5.74, 6) is 1.55. The van der Waals surface area contributed by atoms with Crippen LogP contribution in [0, 0.1) is 5.92 Å². The predicted octanol–water partition coefficient (Wildman–Crippen LogP) is 4.83. The number of hydrogen-bond donors (Lipinski definition) is 2. The van der Waals surface area contributed by atoms with Gasteiger partial charge in [-0.05, 0) is 59.0 Å². The number of halogens is 1. The van der Waals surface area contributed by atoms with E-state index in [0.29, 0.717) is 22.8 Å². The van der Waals surface area contributed by atoms with Crippen LogP contribution in [0.2, 0.25) is 0 Å². The SMILES string of the molecule is O=C(c1ccccc1)N1CCC(CNc2cc(-c3ccccc3O)nc3c(Br)cnn23)CC1. The van der Waals surface area contributed by atoms with Crippen molar-refractivity contribution in [1.82, 2.24) is 19.5 Å². The van der Waals surface area contributed by atoms with Gasteiger partial charge in [0.05, 0.1) is 16.4 Å². The lowest BCUT2D eigenvalue weighted by Gasteiger charge is -2.32. The maximum atomic E-state index is 12.7. The fourth-order valence-electron chi connectivity index (χ4n) is 4.24. The van der Waals surface area contributed by atoms with Gasteiger partial charge in [-0.2, -0.15) is 9.61 Å². The molecule has 168 valence electrons. The maximum absolute atomic E-state index is 12.7. The van der Waals surface area contributed by atoms with E-state index in [-0.39, 0.29) is 11.7 Å². The second-order valence-corrected chi connectivity index (χ2v) is 9.11. The number of nitrogens with zero attached hydrogens (tertiary/aromatic N) is 4. The number of likely N-dealkylation sites (tertiary alicyclic amines) is 1. The van der Waals surface area contributed by atoms with E-state index in [1.165, 1.54) is 0 Å². The third-order valence-corrected chi connectivity index (χ3v) is 6.66. The van der Waals surface area contributed by atoms with Gasteiger partial charge >= 0.3 is 0 Å². The summed E-state index contributed by atoms with van der Waals surface area (Å²) in [4.78, 5) is 19.3. The molecular formula is C25H24BrN5O2. The van der Waals surface area contributed by atoms with Crippen molar-refractivity contribution < 1.29 is 9.90 Å². The number of carbonyl (C=O) groups excluding carboxylic acids is 1. The van der Waals surface area contributed by atoms with E-state index in [2.05, 4.69) is 31.3 Å². The van der Waals surface area contributed by atoms with Crippen molar-refractivity contribution in [3.63, 3.8) is 0 Å². The van der Waals surface area contributed by atoms with E-state index in [1.54, 1.807) is 22.8 Å². The fourth-order valence-corrected chi connectivity index (χ4v) is 4.59. The number of carbonyl (C=O) groups is 1. The van der Waals surface area contributed by atoms with E-state index >= 15 is 0 Å². The highest BCUT2D eigenvalue weighted by Gasteiger charge is 2.24. The van der Waals surface area contributed by atoms with Crippen LogP contribution < -0.4 is 5.32 Å². The zero-order chi connectivity index (χ0) is 22.8. The number of phenolic OH excluding ortho intramolecular Hbond substituents is 1. The first-order valence-electron chi connectivity index (χ1n) is 11.0. The highest BCUT2D eigenvalue weighted by molar-refractivity contribution is 9.10. The molecule has 2 N–H and O–H groups in total. The van der Waals surface area contributed by atoms with Crippen molar-refractivity contribution in [3.8, 4) is 17.0 Å². The number of benzene rings is 2. The molecule has 0 saturated carbocycles. The largest absolute Gasteiger partial charge is 0.507 e. The average molecular weight is 506 g/mol. The number of phenols is 1. The quantitative estimate of drug-likeness (QED) is 0.405. The maximum Gasteiger partial charge on any atom is 0.253 e. The Bertz CT molecular complexity index is 1280. The Morgan fingerprint density at radius 3 is 2.58 bits per heavy atom. The van der Waals surface area contributed by atoms with Crippen LogP contribution in [0.25, 0.3) is 16.9 Å². The second-order valence-electron chi connectivity index (χ2n) is 8.25. The van der Waals surface area contributed by atoms with Gasteiger partial charge in [0, 0.05) is 36.8 Å². The van der Waals surface area contributed by atoms with Gasteiger partial charge in [0.25, 0.3) is 5.91 Å². The third kappa shape index (κ3) is 4.43. The second kappa shape index (κ2) is 9.23. The molecular weight excluding hydrogens is 482 g/mol. The molecule has 33 heavy (non-hydrogen) atoms. The van der Waals surface area contributed by atoms with Crippen LogP contribution in [0.3, 0.4) is 0 Å². The molecule has 8 heteroatoms. The first-order chi connectivity index (χ1) is 16.1. The molecule has 1 aliphatic rings. The smallest absolute Gasteiger partial charge is 0.253 e. The van der Waals surface area contributed by atoms with Crippen molar-refractivity contribution in [3.05, 3.63) is 76.9 Å². The van der Waals surface area contributed by atoms with Crippen molar-refractivity contribution in [2.45, 2.75) is 12.8 Å². The molecule has 0 atom stereocenters. The van der Waals surface area contributed by atoms with Gasteiger partial charge in [-0.15, -0.1) is 0 Å². The topological polar surface area (TPSA) is 82.8 Å². The Hall–Kier alpha value is -3.39. The number of nitrogens with one attached hydrogen (secondary N) is 1. The Morgan fingerprint density at radius 1 is 1.09 bits per heavy atom. The molecule has 0 unspecified atom stereocenters. The minimum atomic E-state index is 0.103. The van der Waals surface area contributed by atoms with E-state index in [4.69, 9.17) is 0 Å². The molecule has 1 saturated heterocycles. The summed E-state index contributed by atoms with van der Waals surface area (Å²) >= 11 is 3.52. The minimum absolute atomic E-state index is 0.103. The fraction of sp³-hybridized carbons (Fsp3) is 0.240. The Kier molecular flexibility index (Phi) is 6.00. The van der Waals surface area contributed by atoms with Gasteiger partial charge in [0.2, 0.25) is 0 Å². The lowest BCUT2D eigenvalue weighted by molar-refractivity contribution is 0.0695. The summed E-state index contributed by atoms with van der Waals surface area (Å²) in [5.41, 5.74) is 2.77. The molecule has 0 radical (unpaired) electrons. The van der Waals surface area contributed by atoms with Crippen LogP contribution in [-0.4, -0.2) is 50.1 Å². The molecule has 1 fully saturated rings. The van der Waals surface area contributed by atoms with Gasteiger partial charge in [0.1, 0.15) is 11.6 Å². The zero-order valence-electron chi connectivity index (χ0n) is 18.0. The highest BCUT2D eigenvalue weighted by Crippen LogP contribution is 2.31. The first kappa shape index (κ1) is 21.5. The molecule has 4 aromatic rings. The van der Waals surface area contributed by atoms with Crippen molar-refractivity contribution in [2.75, 3.05) is 25.0 Å². The molecule has 0 spiro atoms. The van der Waals surface area contributed by atoms with Crippen molar-refractivity contribution in [1.29, 1.82) is 0 Å². The zero-order valence-corrected chi connectivity index (χ0v) is 19.6. The Morgan fingerprint density at radius 2 is 1.82 bits per heavy atom. The number of para-hydroxylation sites is 1. The van der Waals surface area contributed by atoms with Crippen LogP contribution in [0.15, 0.2) is 71.3 Å². The van der Waals surface area contributed by atoms with Crippen LogP contribution in [0.1, 0.15) is 23.2 Å². The number of aromatic hydroxyl groups is 1. The van der Waals surface area contributed by atoms with Crippen LogP contribution >= 0.6 is 15.9 Å². The van der Waals surface area contributed by atoms with E-state index in [1.807, 2.05) is 53.4 Å². The van der Waals surface area contributed by atoms with Gasteiger partial charge in [0.15, 0.2) is 5.65 Å². The molecule has 2 aromatic carbocycles. The molecule has 7 nitrogen and oxygen atoms in total. The number of aromatic nitrogens is 3. The lowest BCUT2D eigenvalue weighted by atomic mass is 9.96. The van der Waals surface area contributed by atoms with E-state index in [9.17, 15) is 9.90 Å². The summed E-state index contributed by atoms with van der Waals surface area (Å²) in [6.45, 7) is 2.27. The monoisotopic (exact) mass is 505 g/mol. The summed E-state index contributed by atoms with van der Waals surface area (Å²) < 4.78 is 2.55. The number of piperidine rings is 1. The molecule has 1 aliphatic heterocycles. The summed E-state index contributed by atoms with van der Waals surface area (Å²) in [7, 11) is 0. The number of hydrogen-bond acceptors (Lipinski definition) is 5. The Balaban J connectivity index is 1.29. The van der Waals surface area contributed by atoms with Crippen molar-refractivity contribution in [2.24, 2.45) is 5.92 Å². The molecule has 0 bridgehead atoms. The standard InChI is InChI=1S/C25H24BrN5O2/c26-20-16-28-31-23(14-21(29-24(20)31)19-8-4-5-9-22(19)32)27-15-17-10-12-30(13-11-17)25(33)18-6-2-1-3-7-18/h1-9,14,16-17,27,32H,10-13,15H2. The van der Waals surface area contributed by atoms with Crippen LogP contribution in [-0.2, 0) is 0 Å². The van der Waals surface area contributed by atoms with Crippen LogP contribution in [0.4, 0.5) is 5.82 Å². The lowest BCUT2D eigenvalue weighted by Crippen LogP contribution is -2.40. The molecule has 0 aliphatic carbocycles. The minimum Gasteiger partial charge on any atom is -0.507 e. The summed E-state index contributed by atoms with van der Waals surface area (Å²) in [5, 5.41) is 18.3. The first-order valence-corrected chi connectivity index (χ1v) is 11.8. The third-order valence-electron chi connectivity index (χ3n) is 6.10. The van der Waals surface area contributed by atoms with Gasteiger partial charge in [-0.3, -0.25) is 4.79 Å². The van der Waals surface area contributed by atoms with E-state index in [0.717, 1.165) is 48.3 Å². The van der Waals surface area contributed by atoms with Crippen LogP contribution in [0.5, 0.6) is 5.75 Å². The number of anilines is 1. The molecule has 3 heterocycles. The molecule has 5 rings (SSSR count). The summed E-state index contributed by atoms with van der Waals surface area (Å²) in [6.07, 6.45) is 3.60. The van der Waals surface area contributed by atoms with Gasteiger partial charge < -0.3 is 15.3 Å². The van der Waals surface area contributed by atoms with E-state index < -0.39 is 0 Å². The average Bonchev–Trinajstić information content (AvgIpc) is 3.24.